The molecular formula is C14H21ClN2O2. The number of para-hydroxylation sites is 1. The minimum absolute atomic E-state index is 0.105. The van der Waals surface area contributed by atoms with Crippen molar-refractivity contribution in [2.75, 3.05) is 11.9 Å². The molecule has 0 aliphatic rings. The van der Waals surface area contributed by atoms with E-state index < -0.39 is 5.60 Å². The molecule has 4 nitrogen and oxygen atoms in total. The molecule has 2 amide bonds. The number of rotatable bonds is 5. The van der Waals surface area contributed by atoms with E-state index in [1.807, 2.05) is 13.8 Å². The number of carbonyl (C=O) groups excluding carboxylic acids is 1. The van der Waals surface area contributed by atoms with E-state index in [1.54, 1.807) is 31.2 Å². The fourth-order valence-corrected chi connectivity index (χ4v) is 1.79. The lowest BCUT2D eigenvalue weighted by atomic mass is 9.89. The normalized spacial score (nSPS) is 15.4. The highest BCUT2D eigenvalue weighted by Crippen LogP contribution is 2.21. The molecule has 0 aliphatic heterocycles. The van der Waals surface area contributed by atoms with Crippen LogP contribution in [0.2, 0.25) is 5.02 Å². The molecule has 3 N–H and O–H groups in total. The molecule has 0 heterocycles. The van der Waals surface area contributed by atoms with E-state index in [1.165, 1.54) is 0 Å². The average molecular weight is 285 g/mol. The van der Waals surface area contributed by atoms with Crippen molar-refractivity contribution in [1.82, 2.24) is 5.32 Å². The van der Waals surface area contributed by atoms with Crippen molar-refractivity contribution >= 4 is 23.3 Å². The summed E-state index contributed by atoms with van der Waals surface area (Å²) in [6.45, 7) is 5.87. The second-order valence-electron chi connectivity index (χ2n) is 4.95. The van der Waals surface area contributed by atoms with Crippen LogP contribution in [0.5, 0.6) is 0 Å². The van der Waals surface area contributed by atoms with Crippen LogP contribution in [0.1, 0.15) is 27.2 Å². The monoisotopic (exact) mass is 284 g/mol. The molecule has 0 fully saturated rings. The molecule has 0 radical (unpaired) electrons. The fraction of sp³-hybridized carbons (Fsp3) is 0.500. The second kappa shape index (κ2) is 6.78. The number of hydrogen-bond donors (Lipinski definition) is 3. The lowest BCUT2D eigenvalue weighted by molar-refractivity contribution is 0.00827. The zero-order valence-electron chi connectivity index (χ0n) is 11.5. The second-order valence-corrected chi connectivity index (χ2v) is 5.36. The van der Waals surface area contributed by atoms with Gasteiger partial charge in [-0.25, -0.2) is 4.79 Å². The first-order valence-corrected chi connectivity index (χ1v) is 6.76. The third-order valence-electron chi connectivity index (χ3n) is 3.40. The number of aliphatic hydroxyl groups is 1. The third kappa shape index (κ3) is 4.73. The maximum atomic E-state index is 11.7. The number of hydrogen-bond acceptors (Lipinski definition) is 2. The first-order valence-electron chi connectivity index (χ1n) is 6.38. The van der Waals surface area contributed by atoms with Gasteiger partial charge in [-0.2, -0.15) is 0 Å². The Bertz CT molecular complexity index is 435. The predicted molar refractivity (Wildman–Crippen MR) is 78.6 cm³/mol. The SMILES string of the molecule is CCC(C)C(C)(O)CNC(=O)Nc1ccccc1Cl. The van der Waals surface area contributed by atoms with E-state index in [0.29, 0.717) is 10.7 Å². The van der Waals surface area contributed by atoms with Gasteiger partial charge in [0.15, 0.2) is 0 Å². The number of amides is 2. The topological polar surface area (TPSA) is 61.4 Å². The van der Waals surface area contributed by atoms with Crippen LogP contribution in [0.25, 0.3) is 0 Å². The smallest absolute Gasteiger partial charge is 0.319 e. The van der Waals surface area contributed by atoms with E-state index in [4.69, 9.17) is 11.6 Å². The van der Waals surface area contributed by atoms with Crippen LogP contribution in [0.4, 0.5) is 10.5 Å². The van der Waals surface area contributed by atoms with E-state index >= 15 is 0 Å². The van der Waals surface area contributed by atoms with Crippen molar-refractivity contribution in [2.24, 2.45) is 5.92 Å². The minimum atomic E-state index is -0.924. The summed E-state index contributed by atoms with van der Waals surface area (Å²) in [6, 6.07) is 6.62. The van der Waals surface area contributed by atoms with Crippen LogP contribution in [0.3, 0.4) is 0 Å². The Labute approximate surface area is 119 Å². The van der Waals surface area contributed by atoms with Gasteiger partial charge >= 0.3 is 6.03 Å². The van der Waals surface area contributed by atoms with Crippen LogP contribution < -0.4 is 10.6 Å². The van der Waals surface area contributed by atoms with Gasteiger partial charge in [0.2, 0.25) is 0 Å². The third-order valence-corrected chi connectivity index (χ3v) is 3.73. The lowest BCUT2D eigenvalue weighted by Crippen LogP contribution is -2.46. The van der Waals surface area contributed by atoms with Crippen LogP contribution in [-0.4, -0.2) is 23.3 Å². The van der Waals surface area contributed by atoms with Gasteiger partial charge in [-0.15, -0.1) is 0 Å². The van der Waals surface area contributed by atoms with Gasteiger partial charge in [-0.3, -0.25) is 0 Å². The summed E-state index contributed by atoms with van der Waals surface area (Å²) in [6.07, 6.45) is 0.848. The fourth-order valence-electron chi connectivity index (χ4n) is 1.60. The molecule has 2 atom stereocenters. The summed E-state index contributed by atoms with van der Waals surface area (Å²) in [5.74, 6) is 0.105. The maximum absolute atomic E-state index is 11.7. The van der Waals surface area contributed by atoms with Gasteiger partial charge in [0, 0.05) is 6.54 Å². The summed E-state index contributed by atoms with van der Waals surface area (Å²) >= 11 is 5.94. The van der Waals surface area contributed by atoms with Gasteiger partial charge in [0.1, 0.15) is 0 Å². The van der Waals surface area contributed by atoms with Crippen molar-refractivity contribution in [1.29, 1.82) is 0 Å². The molecule has 2 unspecified atom stereocenters. The number of nitrogens with one attached hydrogen (secondary N) is 2. The van der Waals surface area contributed by atoms with Crippen molar-refractivity contribution in [3.05, 3.63) is 29.3 Å². The van der Waals surface area contributed by atoms with Gasteiger partial charge in [0.05, 0.1) is 16.3 Å². The van der Waals surface area contributed by atoms with Crippen molar-refractivity contribution in [2.45, 2.75) is 32.8 Å². The molecule has 1 aromatic carbocycles. The molecule has 19 heavy (non-hydrogen) atoms. The molecule has 0 bridgehead atoms. The Morgan fingerprint density at radius 2 is 2.11 bits per heavy atom. The number of halogens is 1. The van der Waals surface area contributed by atoms with Gasteiger partial charge in [-0.05, 0) is 25.0 Å². The molecule has 0 saturated carbocycles. The van der Waals surface area contributed by atoms with E-state index in [9.17, 15) is 9.90 Å². The average Bonchev–Trinajstić information content (AvgIpc) is 2.38. The van der Waals surface area contributed by atoms with Crippen LogP contribution in [0, 0.1) is 5.92 Å². The molecule has 0 aromatic heterocycles. The van der Waals surface area contributed by atoms with Crippen LogP contribution in [0.15, 0.2) is 24.3 Å². The highest BCUT2D eigenvalue weighted by molar-refractivity contribution is 6.33. The Morgan fingerprint density at radius 3 is 2.68 bits per heavy atom. The zero-order valence-corrected chi connectivity index (χ0v) is 12.3. The largest absolute Gasteiger partial charge is 0.388 e. The Morgan fingerprint density at radius 1 is 1.47 bits per heavy atom. The minimum Gasteiger partial charge on any atom is -0.388 e. The van der Waals surface area contributed by atoms with Crippen molar-refractivity contribution in [3.8, 4) is 0 Å². The Kier molecular flexibility index (Phi) is 5.63. The summed E-state index contributed by atoms with van der Waals surface area (Å²) in [7, 11) is 0. The summed E-state index contributed by atoms with van der Waals surface area (Å²) < 4.78 is 0. The maximum Gasteiger partial charge on any atom is 0.319 e. The van der Waals surface area contributed by atoms with Gasteiger partial charge < -0.3 is 15.7 Å². The van der Waals surface area contributed by atoms with Crippen LogP contribution >= 0.6 is 11.6 Å². The van der Waals surface area contributed by atoms with Crippen molar-refractivity contribution < 1.29 is 9.90 Å². The molecule has 1 aromatic rings. The number of carbonyl (C=O) groups is 1. The van der Waals surface area contributed by atoms with Gasteiger partial charge in [-0.1, -0.05) is 44.0 Å². The standard InChI is InChI=1S/C14H21ClN2O2/c1-4-10(2)14(3,19)9-16-13(18)17-12-8-6-5-7-11(12)15/h5-8,10,19H,4,9H2,1-3H3,(H2,16,17,18). The van der Waals surface area contributed by atoms with Gasteiger partial charge in [0.25, 0.3) is 0 Å². The zero-order chi connectivity index (χ0) is 14.5. The van der Waals surface area contributed by atoms with Crippen molar-refractivity contribution in [3.63, 3.8) is 0 Å². The highest BCUT2D eigenvalue weighted by atomic mass is 35.5. The molecule has 106 valence electrons. The van der Waals surface area contributed by atoms with Crippen LogP contribution in [-0.2, 0) is 0 Å². The van der Waals surface area contributed by atoms with E-state index in [0.717, 1.165) is 6.42 Å². The van der Waals surface area contributed by atoms with E-state index in [2.05, 4.69) is 10.6 Å². The highest BCUT2D eigenvalue weighted by Gasteiger charge is 2.27. The Balaban J connectivity index is 2.51. The summed E-state index contributed by atoms with van der Waals surface area (Å²) in [4.78, 5) is 11.7. The summed E-state index contributed by atoms with van der Waals surface area (Å²) in [5.41, 5.74) is -0.378. The molecule has 5 heteroatoms. The number of benzene rings is 1. The first-order chi connectivity index (χ1) is 8.86. The quantitative estimate of drug-likeness (QED) is 0.777. The summed E-state index contributed by atoms with van der Waals surface area (Å²) in [5, 5.41) is 16.0. The first kappa shape index (κ1) is 15.8. The Hall–Kier alpha value is -1.26. The number of urea groups is 1. The molecule has 1 rings (SSSR count). The molecular weight excluding hydrogens is 264 g/mol. The predicted octanol–water partition coefficient (Wildman–Crippen LogP) is 3.26. The lowest BCUT2D eigenvalue weighted by Gasteiger charge is -2.29. The number of anilines is 1. The molecule has 0 spiro atoms. The molecule has 0 saturated heterocycles. The van der Waals surface area contributed by atoms with E-state index in [-0.39, 0.29) is 18.5 Å². The molecule has 0 aliphatic carbocycles.